The van der Waals surface area contributed by atoms with Crippen LogP contribution in [-0.4, -0.2) is 10.9 Å². The van der Waals surface area contributed by atoms with Crippen molar-refractivity contribution in [1.29, 1.82) is 0 Å². The zero-order valence-electron chi connectivity index (χ0n) is 9.90. The van der Waals surface area contributed by atoms with Crippen molar-refractivity contribution in [2.75, 3.05) is 5.32 Å². The molecule has 1 fully saturated rings. The quantitative estimate of drug-likeness (QED) is 0.822. The first-order valence-corrected chi connectivity index (χ1v) is 6.03. The Balaban J connectivity index is 1.63. The highest BCUT2D eigenvalue weighted by molar-refractivity contribution is 6.08. The number of allylic oxidation sites excluding steroid dienone is 6. The van der Waals surface area contributed by atoms with Crippen LogP contribution in [0.2, 0.25) is 0 Å². The summed E-state index contributed by atoms with van der Waals surface area (Å²) in [4.78, 5) is 15.8. The highest BCUT2D eigenvalue weighted by Gasteiger charge is 2.35. The number of hydrogen-bond acceptors (Lipinski definition) is 2. The number of fused-ring (bicyclic) bond motifs is 2. The van der Waals surface area contributed by atoms with Gasteiger partial charge in [0, 0.05) is 5.57 Å². The number of pyridine rings is 1. The smallest absolute Gasteiger partial charge is 0.257 e. The number of nitrogens with zero attached hydrogens (tertiary/aromatic N) is 1. The number of halogens is 1. The molecule has 0 spiro atoms. The van der Waals surface area contributed by atoms with Crippen molar-refractivity contribution in [3.8, 4) is 0 Å². The molecule has 1 heterocycles. The lowest BCUT2D eigenvalue weighted by Crippen LogP contribution is -2.15. The number of amides is 1. The van der Waals surface area contributed by atoms with Gasteiger partial charge in [0.2, 0.25) is 5.95 Å². The largest absolute Gasteiger partial charge is 0.306 e. The van der Waals surface area contributed by atoms with Crippen molar-refractivity contribution in [2.45, 2.75) is 6.42 Å². The zero-order chi connectivity index (χ0) is 13.0. The van der Waals surface area contributed by atoms with E-state index in [0.717, 1.165) is 17.6 Å². The molecule has 0 bridgehead atoms. The van der Waals surface area contributed by atoms with E-state index in [-0.39, 0.29) is 11.7 Å². The fourth-order valence-corrected chi connectivity index (χ4v) is 2.50. The normalized spacial score (nSPS) is 18.5. The standard InChI is InChI=1S/C15H9FN2O/c16-13-2-1-3-14(17-13)18-15(19)10-5-4-9-11-6-8(11)7-12(9)10/h1-5,7H,6H2,(H,17,18,19). The van der Waals surface area contributed by atoms with Gasteiger partial charge in [0.15, 0.2) is 0 Å². The average molecular weight is 252 g/mol. The molecule has 19 heavy (non-hydrogen) atoms. The van der Waals surface area contributed by atoms with Crippen LogP contribution < -0.4 is 5.32 Å². The summed E-state index contributed by atoms with van der Waals surface area (Å²) in [6.45, 7) is 0. The highest BCUT2D eigenvalue weighted by atomic mass is 19.1. The Labute approximate surface area is 108 Å². The second kappa shape index (κ2) is 3.51. The zero-order valence-corrected chi connectivity index (χ0v) is 9.90. The molecule has 3 aliphatic carbocycles. The second-order valence-electron chi connectivity index (χ2n) is 4.70. The summed E-state index contributed by atoms with van der Waals surface area (Å²) >= 11 is 0. The average Bonchev–Trinajstić information content (AvgIpc) is 2.86. The van der Waals surface area contributed by atoms with Crippen LogP contribution in [0.25, 0.3) is 0 Å². The lowest BCUT2D eigenvalue weighted by molar-refractivity contribution is -0.112. The van der Waals surface area contributed by atoms with E-state index in [4.69, 9.17) is 0 Å². The number of carbonyl (C=O) groups is 1. The van der Waals surface area contributed by atoms with E-state index in [1.165, 1.54) is 23.3 Å². The van der Waals surface area contributed by atoms with Gasteiger partial charge in [0.1, 0.15) is 5.82 Å². The second-order valence-corrected chi connectivity index (χ2v) is 4.70. The van der Waals surface area contributed by atoms with Crippen LogP contribution in [-0.2, 0) is 4.79 Å². The van der Waals surface area contributed by atoms with Gasteiger partial charge in [-0.05, 0) is 53.0 Å². The molecule has 92 valence electrons. The Kier molecular flexibility index (Phi) is 1.93. The maximum absolute atomic E-state index is 13.0. The van der Waals surface area contributed by atoms with Crippen molar-refractivity contribution in [3.05, 3.63) is 70.2 Å². The molecule has 0 aliphatic heterocycles. The fraction of sp³-hybridized carbons (Fsp3) is 0.0667. The van der Waals surface area contributed by atoms with E-state index >= 15 is 0 Å². The van der Waals surface area contributed by atoms with Gasteiger partial charge in [-0.2, -0.15) is 4.39 Å². The Morgan fingerprint density at radius 3 is 3.00 bits per heavy atom. The summed E-state index contributed by atoms with van der Waals surface area (Å²) in [7, 11) is 0. The van der Waals surface area contributed by atoms with E-state index in [1.54, 1.807) is 12.1 Å². The maximum Gasteiger partial charge on any atom is 0.257 e. The van der Waals surface area contributed by atoms with Gasteiger partial charge in [-0.1, -0.05) is 12.1 Å². The molecule has 0 radical (unpaired) electrons. The van der Waals surface area contributed by atoms with Crippen LogP contribution in [0.1, 0.15) is 6.42 Å². The number of hydrogen-bond donors (Lipinski definition) is 1. The number of carbonyl (C=O) groups excluding carboxylic acids is 1. The number of nitrogens with one attached hydrogen (secondary N) is 1. The monoisotopic (exact) mass is 252 g/mol. The molecule has 0 atom stereocenters. The van der Waals surface area contributed by atoms with E-state index in [2.05, 4.69) is 16.4 Å². The number of rotatable bonds is 2. The van der Waals surface area contributed by atoms with Crippen molar-refractivity contribution >= 4 is 11.7 Å². The van der Waals surface area contributed by atoms with Gasteiger partial charge in [-0.25, -0.2) is 4.98 Å². The molecule has 1 aromatic rings. The first-order chi connectivity index (χ1) is 9.22. The van der Waals surface area contributed by atoms with Gasteiger partial charge in [-0.3, -0.25) is 4.79 Å². The van der Waals surface area contributed by atoms with Crippen LogP contribution in [0.15, 0.2) is 64.3 Å². The molecule has 0 unspecified atom stereocenters. The number of anilines is 1. The van der Waals surface area contributed by atoms with Crippen molar-refractivity contribution in [1.82, 2.24) is 4.98 Å². The molecule has 0 saturated heterocycles. The van der Waals surface area contributed by atoms with E-state index in [9.17, 15) is 9.18 Å². The van der Waals surface area contributed by atoms with E-state index < -0.39 is 5.95 Å². The maximum atomic E-state index is 13.0. The fourth-order valence-electron chi connectivity index (χ4n) is 2.50. The molecule has 1 saturated carbocycles. The minimum atomic E-state index is -0.607. The van der Waals surface area contributed by atoms with Crippen LogP contribution in [0.3, 0.4) is 0 Å². The molecular formula is C15H9FN2O. The van der Waals surface area contributed by atoms with Crippen molar-refractivity contribution in [2.24, 2.45) is 0 Å². The molecule has 4 rings (SSSR count). The van der Waals surface area contributed by atoms with Crippen molar-refractivity contribution in [3.63, 3.8) is 0 Å². The number of aromatic nitrogens is 1. The summed E-state index contributed by atoms with van der Waals surface area (Å²) < 4.78 is 13.0. The molecular weight excluding hydrogens is 243 g/mol. The Hall–Kier alpha value is -2.49. The SMILES string of the molecule is O=C(Nc1cccc(F)n1)C1=C2C=C3CC3=C2C=C1. The molecule has 0 aromatic carbocycles. The van der Waals surface area contributed by atoms with Gasteiger partial charge in [-0.15, -0.1) is 0 Å². The molecule has 1 N–H and O–H groups in total. The molecule has 1 aromatic heterocycles. The van der Waals surface area contributed by atoms with Crippen molar-refractivity contribution < 1.29 is 9.18 Å². The first-order valence-electron chi connectivity index (χ1n) is 6.03. The molecule has 3 nitrogen and oxygen atoms in total. The first kappa shape index (κ1) is 10.4. The van der Waals surface area contributed by atoms with Crippen LogP contribution in [0.4, 0.5) is 10.2 Å². The topological polar surface area (TPSA) is 42.0 Å². The summed E-state index contributed by atoms with van der Waals surface area (Å²) in [6.07, 6.45) is 6.87. The van der Waals surface area contributed by atoms with Crippen LogP contribution in [0.5, 0.6) is 0 Å². The Bertz CT molecular complexity index is 753. The highest BCUT2D eigenvalue weighted by Crippen LogP contribution is 2.51. The lowest BCUT2D eigenvalue weighted by atomic mass is 10.1. The molecule has 1 amide bonds. The van der Waals surface area contributed by atoms with Crippen LogP contribution in [0, 0.1) is 5.95 Å². The van der Waals surface area contributed by atoms with Gasteiger partial charge in [0.25, 0.3) is 5.91 Å². The third kappa shape index (κ3) is 1.57. The Morgan fingerprint density at radius 1 is 1.26 bits per heavy atom. The summed E-state index contributed by atoms with van der Waals surface area (Å²) in [5.74, 6) is -0.633. The van der Waals surface area contributed by atoms with E-state index in [0.29, 0.717) is 5.57 Å². The third-order valence-corrected chi connectivity index (χ3v) is 3.47. The molecule has 3 aliphatic rings. The summed E-state index contributed by atoms with van der Waals surface area (Å²) in [6, 6.07) is 4.32. The minimum absolute atomic E-state index is 0.225. The predicted molar refractivity (Wildman–Crippen MR) is 68.7 cm³/mol. The van der Waals surface area contributed by atoms with Gasteiger partial charge < -0.3 is 5.32 Å². The van der Waals surface area contributed by atoms with Gasteiger partial charge in [0.05, 0.1) is 0 Å². The molecule has 4 heteroatoms. The summed E-state index contributed by atoms with van der Waals surface area (Å²) in [5, 5.41) is 2.62. The van der Waals surface area contributed by atoms with E-state index in [1.807, 2.05) is 6.08 Å². The predicted octanol–water partition coefficient (Wildman–Crippen LogP) is 2.67. The van der Waals surface area contributed by atoms with Gasteiger partial charge >= 0.3 is 0 Å². The lowest BCUT2D eigenvalue weighted by Gasteiger charge is -2.05. The third-order valence-electron chi connectivity index (χ3n) is 3.47. The summed E-state index contributed by atoms with van der Waals surface area (Å²) in [5.41, 5.74) is 5.42. The minimum Gasteiger partial charge on any atom is -0.306 e. The van der Waals surface area contributed by atoms with Crippen LogP contribution >= 0.6 is 0 Å². The Morgan fingerprint density at radius 2 is 2.16 bits per heavy atom.